The first kappa shape index (κ1) is 12.4. The highest BCUT2D eigenvalue weighted by Gasteiger charge is 2.06. The van der Waals surface area contributed by atoms with Crippen molar-refractivity contribution in [2.45, 2.75) is 20.3 Å². The van der Waals surface area contributed by atoms with Gasteiger partial charge in [0.25, 0.3) is 0 Å². The van der Waals surface area contributed by atoms with E-state index < -0.39 is 0 Å². The van der Waals surface area contributed by atoms with Crippen LogP contribution in [0.1, 0.15) is 19.2 Å². The normalized spacial score (nSPS) is 9.94. The molecule has 0 unspecified atom stereocenters. The second-order valence-electron chi connectivity index (χ2n) is 3.44. The minimum atomic E-state index is -0.180. The van der Waals surface area contributed by atoms with Crippen LogP contribution in [0.5, 0.6) is 0 Å². The van der Waals surface area contributed by atoms with Crippen LogP contribution in [0.15, 0.2) is 12.3 Å². The fourth-order valence-corrected chi connectivity index (χ4v) is 1.26. The van der Waals surface area contributed by atoms with Crippen molar-refractivity contribution in [1.29, 1.82) is 0 Å². The molecule has 1 aromatic rings. The molecule has 0 aliphatic carbocycles. The number of carbonyl (C=O) groups excluding carboxylic acids is 1. The summed E-state index contributed by atoms with van der Waals surface area (Å²) in [4.78, 5) is 21.3. The predicted octanol–water partition coefficient (Wildman–Crippen LogP) is 1.17. The maximum absolute atomic E-state index is 11.2. The molecule has 0 aromatic carbocycles. The molecule has 0 radical (unpaired) electrons. The molecule has 0 spiro atoms. The van der Waals surface area contributed by atoms with Crippen LogP contribution in [0.4, 0.5) is 5.82 Å². The summed E-state index contributed by atoms with van der Waals surface area (Å²) in [5.41, 5.74) is 0. The molecule has 0 bridgehead atoms. The molecule has 0 fully saturated rings. The third-order valence-electron chi connectivity index (χ3n) is 2.11. The van der Waals surface area contributed by atoms with Crippen LogP contribution in [0.3, 0.4) is 0 Å². The Kier molecular flexibility index (Phi) is 4.69. The van der Waals surface area contributed by atoms with Crippen molar-refractivity contribution in [2.75, 3.05) is 25.1 Å². The molecule has 1 rings (SSSR count). The molecule has 5 nitrogen and oxygen atoms in total. The van der Waals surface area contributed by atoms with Crippen LogP contribution in [0.2, 0.25) is 0 Å². The second-order valence-corrected chi connectivity index (χ2v) is 3.44. The Balaban J connectivity index is 2.46. The van der Waals surface area contributed by atoms with Crippen molar-refractivity contribution in [2.24, 2.45) is 0 Å². The summed E-state index contributed by atoms with van der Waals surface area (Å²) in [6.45, 7) is 4.66. The van der Waals surface area contributed by atoms with Crippen LogP contribution in [-0.4, -0.2) is 36.1 Å². The molecule has 0 aliphatic heterocycles. The average molecular weight is 223 g/mol. The van der Waals surface area contributed by atoms with Gasteiger partial charge in [0.05, 0.1) is 13.0 Å². The molecule has 1 aromatic heterocycles. The Labute approximate surface area is 95.5 Å². The number of anilines is 1. The third-order valence-corrected chi connectivity index (χ3v) is 2.11. The number of carbonyl (C=O) groups is 1. The van der Waals surface area contributed by atoms with E-state index in [0.29, 0.717) is 19.6 Å². The van der Waals surface area contributed by atoms with Gasteiger partial charge in [0.1, 0.15) is 11.6 Å². The summed E-state index contributed by atoms with van der Waals surface area (Å²) in [5.74, 6) is 1.36. The van der Waals surface area contributed by atoms with E-state index in [4.69, 9.17) is 4.74 Å². The first-order chi connectivity index (χ1) is 7.63. The molecule has 0 saturated carbocycles. The van der Waals surface area contributed by atoms with E-state index in [1.165, 1.54) is 0 Å². The Bertz CT molecular complexity index is 355. The Morgan fingerprint density at radius 2 is 2.31 bits per heavy atom. The maximum Gasteiger partial charge on any atom is 0.307 e. The molecule has 0 amide bonds. The van der Waals surface area contributed by atoms with Crippen molar-refractivity contribution in [3.8, 4) is 0 Å². The van der Waals surface area contributed by atoms with Gasteiger partial charge in [-0.1, -0.05) is 0 Å². The first-order valence-electron chi connectivity index (χ1n) is 5.30. The van der Waals surface area contributed by atoms with Gasteiger partial charge in [0, 0.05) is 19.8 Å². The maximum atomic E-state index is 11.2. The number of aryl methyl sites for hydroxylation is 1. The number of hydrogen-bond donors (Lipinski definition) is 0. The van der Waals surface area contributed by atoms with Crippen molar-refractivity contribution in [1.82, 2.24) is 9.97 Å². The summed E-state index contributed by atoms with van der Waals surface area (Å²) in [7, 11) is 1.89. The van der Waals surface area contributed by atoms with E-state index in [1.54, 1.807) is 13.1 Å². The number of nitrogens with zero attached hydrogens (tertiary/aromatic N) is 3. The summed E-state index contributed by atoms with van der Waals surface area (Å²) in [6.07, 6.45) is 2.08. The largest absolute Gasteiger partial charge is 0.466 e. The van der Waals surface area contributed by atoms with Gasteiger partial charge in [-0.05, 0) is 19.9 Å². The third kappa shape index (κ3) is 3.84. The van der Waals surface area contributed by atoms with Crippen molar-refractivity contribution in [3.63, 3.8) is 0 Å². The van der Waals surface area contributed by atoms with Gasteiger partial charge in [-0.15, -0.1) is 0 Å². The van der Waals surface area contributed by atoms with Gasteiger partial charge in [-0.25, -0.2) is 9.97 Å². The molecule has 0 atom stereocenters. The minimum absolute atomic E-state index is 0.180. The lowest BCUT2D eigenvalue weighted by Gasteiger charge is -2.17. The lowest BCUT2D eigenvalue weighted by molar-refractivity contribution is -0.142. The molecule has 5 heteroatoms. The van der Waals surface area contributed by atoms with Crippen molar-refractivity contribution >= 4 is 11.8 Å². The van der Waals surface area contributed by atoms with E-state index in [2.05, 4.69) is 9.97 Å². The topological polar surface area (TPSA) is 55.3 Å². The average Bonchev–Trinajstić information content (AvgIpc) is 2.26. The smallest absolute Gasteiger partial charge is 0.307 e. The molecule has 0 saturated heterocycles. The van der Waals surface area contributed by atoms with Crippen LogP contribution in [0, 0.1) is 6.92 Å². The van der Waals surface area contributed by atoms with E-state index >= 15 is 0 Å². The monoisotopic (exact) mass is 223 g/mol. The van der Waals surface area contributed by atoms with Gasteiger partial charge in [-0.2, -0.15) is 0 Å². The summed E-state index contributed by atoms with van der Waals surface area (Å²) in [5, 5.41) is 0. The lowest BCUT2D eigenvalue weighted by Crippen LogP contribution is -2.23. The molecule has 0 N–H and O–H groups in total. The highest BCUT2D eigenvalue weighted by Crippen LogP contribution is 2.07. The zero-order valence-electron chi connectivity index (χ0n) is 9.93. The summed E-state index contributed by atoms with van der Waals surface area (Å²) in [6, 6.07) is 1.82. The van der Waals surface area contributed by atoms with E-state index in [0.717, 1.165) is 11.6 Å². The van der Waals surface area contributed by atoms with Gasteiger partial charge in [0.15, 0.2) is 0 Å². The molecule has 16 heavy (non-hydrogen) atoms. The quantitative estimate of drug-likeness (QED) is 0.701. The van der Waals surface area contributed by atoms with Gasteiger partial charge < -0.3 is 9.64 Å². The van der Waals surface area contributed by atoms with Crippen molar-refractivity contribution < 1.29 is 9.53 Å². The Morgan fingerprint density at radius 3 is 2.94 bits per heavy atom. The molecular weight excluding hydrogens is 206 g/mol. The summed E-state index contributed by atoms with van der Waals surface area (Å²) >= 11 is 0. The zero-order valence-corrected chi connectivity index (χ0v) is 9.93. The molecule has 88 valence electrons. The zero-order chi connectivity index (χ0) is 12.0. The number of hydrogen-bond acceptors (Lipinski definition) is 5. The Hall–Kier alpha value is -1.65. The number of ether oxygens (including phenoxy) is 1. The van der Waals surface area contributed by atoms with Crippen molar-refractivity contribution in [3.05, 3.63) is 18.1 Å². The van der Waals surface area contributed by atoms with E-state index in [-0.39, 0.29) is 5.97 Å². The highest BCUT2D eigenvalue weighted by molar-refractivity contribution is 5.70. The molecular formula is C11H17N3O2. The first-order valence-corrected chi connectivity index (χ1v) is 5.30. The highest BCUT2D eigenvalue weighted by atomic mass is 16.5. The fourth-order valence-electron chi connectivity index (χ4n) is 1.26. The number of esters is 1. The van der Waals surface area contributed by atoms with Crippen LogP contribution < -0.4 is 4.90 Å². The van der Waals surface area contributed by atoms with Gasteiger partial charge in [0.2, 0.25) is 0 Å². The van der Waals surface area contributed by atoms with E-state index in [1.807, 2.05) is 24.9 Å². The van der Waals surface area contributed by atoms with Gasteiger partial charge >= 0.3 is 5.97 Å². The van der Waals surface area contributed by atoms with Gasteiger partial charge in [-0.3, -0.25) is 4.79 Å². The van der Waals surface area contributed by atoms with Crippen LogP contribution in [0.25, 0.3) is 0 Å². The standard InChI is InChI=1S/C11H17N3O2/c1-4-16-11(15)6-8-14(3)10-5-7-12-9(2)13-10/h5,7H,4,6,8H2,1-3H3. The minimum Gasteiger partial charge on any atom is -0.466 e. The van der Waals surface area contributed by atoms with E-state index in [9.17, 15) is 4.79 Å². The van der Waals surface area contributed by atoms with Crippen LogP contribution in [-0.2, 0) is 9.53 Å². The number of aromatic nitrogens is 2. The summed E-state index contributed by atoms with van der Waals surface area (Å²) < 4.78 is 4.85. The lowest BCUT2D eigenvalue weighted by atomic mass is 10.4. The predicted molar refractivity (Wildman–Crippen MR) is 61.3 cm³/mol. The fraction of sp³-hybridized carbons (Fsp3) is 0.545. The number of rotatable bonds is 5. The molecule has 1 heterocycles. The van der Waals surface area contributed by atoms with Crippen LogP contribution >= 0.6 is 0 Å². The Morgan fingerprint density at radius 1 is 1.56 bits per heavy atom. The second kappa shape index (κ2) is 6.05. The molecule has 0 aliphatic rings. The SMILES string of the molecule is CCOC(=O)CCN(C)c1ccnc(C)n1.